The van der Waals surface area contributed by atoms with Crippen LogP contribution in [0.2, 0.25) is 0 Å². The van der Waals surface area contributed by atoms with Gasteiger partial charge in [0.1, 0.15) is 5.75 Å². The summed E-state index contributed by atoms with van der Waals surface area (Å²) in [5.41, 5.74) is 7.24. The van der Waals surface area contributed by atoms with Crippen molar-refractivity contribution in [2.45, 2.75) is 6.92 Å². The number of esters is 1. The lowest BCUT2D eigenvalue weighted by Crippen LogP contribution is -2.12. The van der Waals surface area contributed by atoms with E-state index in [-0.39, 0.29) is 5.91 Å². The third-order valence-electron chi connectivity index (χ3n) is 2.53. The summed E-state index contributed by atoms with van der Waals surface area (Å²) >= 11 is 0. The quantitative estimate of drug-likeness (QED) is 0.510. The Morgan fingerprint density at radius 1 is 1.10 bits per heavy atom. The second kappa shape index (κ2) is 5.88. The summed E-state index contributed by atoms with van der Waals surface area (Å²) < 4.78 is 4.94. The molecule has 102 valence electrons. The third-order valence-corrected chi connectivity index (χ3v) is 2.53. The van der Waals surface area contributed by atoms with Gasteiger partial charge in [-0.1, -0.05) is 6.07 Å². The van der Waals surface area contributed by atoms with Gasteiger partial charge < -0.3 is 15.8 Å². The van der Waals surface area contributed by atoms with Crippen LogP contribution in [0, 0.1) is 0 Å². The molecule has 0 aliphatic carbocycles. The lowest BCUT2D eigenvalue weighted by molar-refractivity contribution is -0.131. The lowest BCUT2D eigenvalue weighted by atomic mass is 10.2. The average Bonchev–Trinajstić information content (AvgIpc) is 2.41. The van der Waals surface area contributed by atoms with Crippen molar-refractivity contribution in [2.75, 3.05) is 11.1 Å². The minimum absolute atomic E-state index is 0.288. The summed E-state index contributed by atoms with van der Waals surface area (Å²) in [6, 6.07) is 13.2. The summed E-state index contributed by atoms with van der Waals surface area (Å²) in [5.74, 6) is -0.382. The zero-order valence-electron chi connectivity index (χ0n) is 10.9. The predicted molar refractivity (Wildman–Crippen MR) is 76.6 cm³/mol. The summed E-state index contributed by atoms with van der Waals surface area (Å²) in [4.78, 5) is 22.9. The first-order chi connectivity index (χ1) is 9.54. The molecule has 0 saturated carbocycles. The standard InChI is InChI=1S/C15H14N2O3/c1-10(18)20-14-4-2-3-11(9-14)15(19)17-13-7-5-12(16)6-8-13/h2-9H,16H2,1H3,(H,17,19). The van der Waals surface area contributed by atoms with Gasteiger partial charge >= 0.3 is 5.97 Å². The molecular formula is C15H14N2O3. The van der Waals surface area contributed by atoms with E-state index in [4.69, 9.17) is 10.5 Å². The van der Waals surface area contributed by atoms with Crippen molar-refractivity contribution >= 4 is 23.3 Å². The van der Waals surface area contributed by atoms with E-state index in [9.17, 15) is 9.59 Å². The molecule has 1 amide bonds. The SMILES string of the molecule is CC(=O)Oc1cccc(C(=O)Nc2ccc(N)cc2)c1. The molecule has 3 N–H and O–H groups in total. The zero-order chi connectivity index (χ0) is 14.5. The second-order valence-electron chi connectivity index (χ2n) is 4.20. The molecule has 0 spiro atoms. The average molecular weight is 270 g/mol. The van der Waals surface area contributed by atoms with Crippen molar-refractivity contribution in [1.29, 1.82) is 0 Å². The number of hydrogen-bond donors (Lipinski definition) is 2. The van der Waals surface area contributed by atoms with Crippen LogP contribution in [0.1, 0.15) is 17.3 Å². The fourth-order valence-electron chi connectivity index (χ4n) is 1.64. The maximum Gasteiger partial charge on any atom is 0.308 e. The van der Waals surface area contributed by atoms with E-state index in [1.54, 1.807) is 42.5 Å². The number of rotatable bonds is 3. The third kappa shape index (κ3) is 3.58. The van der Waals surface area contributed by atoms with Crippen molar-refractivity contribution in [3.05, 3.63) is 54.1 Å². The second-order valence-corrected chi connectivity index (χ2v) is 4.20. The van der Waals surface area contributed by atoms with Crippen molar-refractivity contribution in [1.82, 2.24) is 0 Å². The molecule has 0 aromatic heterocycles. The largest absolute Gasteiger partial charge is 0.427 e. The number of nitrogens with two attached hydrogens (primary N) is 1. The maximum absolute atomic E-state index is 12.1. The van der Waals surface area contributed by atoms with Crippen LogP contribution >= 0.6 is 0 Å². The molecule has 0 aliphatic rings. The van der Waals surface area contributed by atoms with Gasteiger partial charge in [-0.15, -0.1) is 0 Å². The van der Waals surface area contributed by atoms with E-state index in [1.807, 2.05) is 0 Å². The van der Waals surface area contributed by atoms with Crippen LogP contribution in [-0.2, 0) is 4.79 Å². The molecular weight excluding hydrogens is 256 g/mol. The Kier molecular flexibility index (Phi) is 4.00. The Hall–Kier alpha value is -2.82. The highest BCUT2D eigenvalue weighted by Crippen LogP contribution is 2.16. The van der Waals surface area contributed by atoms with Gasteiger partial charge in [0, 0.05) is 23.9 Å². The van der Waals surface area contributed by atoms with Crippen LogP contribution in [0.3, 0.4) is 0 Å². The number of carbonyl (C=O) groups is 2. The van der Waals surface area contributed by atoms with Crippen LogP contribution < -0.4 is 15.8 Å². The number of carbonyl (C=O) groups excluding carboxylic acids is 2. The zero-order valence-corrected chi connectivity index (χ0v) is 10.9. The monoisotopic (exact) mass is 270 g/mol. The smallest absolute Gasteiger partial charge is 0.308 e. The summed E-state index contributed by atoms with van der Waals surface area (Å²) in [6.07, 6.45) is 0. The van der Waals surface area contributed by atoms with Crippen molar-refractivity contribution in [3.63, 3.8) is 0 Å². The number of anilines is 2. The molecule has 0 bridgehead atoms. The Balaban J connectivity index is 2.12. The highest BCUT2D eigenvalue weighted by molar-refractivity contribution is 6.04. The Bertz CT molecular complexity index is 636. The van der Waals surface area contributed by atoms with E-state index < -0.39 is 5.97 Å². The molecule has 0 atom stereocenters. The Labute approximate surface area is 116 Å². The highest BCUT2D eigenvalue weighted by atomic mass is 16.5. The molecule has 0 fully saturated rings. The molecule has 0 radical (unpaired) electrons. The minimum Gasteiger partial charge on any atom is -0.427 e. The van der Waals surface area contributed by atoms with Crippen molar-refractivity contribution in [3.8, 4) is 5.75 Å². The summed E-state index contributed by atoms with van der Waals surface area (Å²) in [5, 5.41) is 2.73. The van der Waals surface area contributed by atoms with Gasteiger partial charge in [-0.25, -0.2) is 0 Å². The van der Waals surface area contributed by atoms with Crippen LogP contribution in [-0.4, -0.2) is 11.9 Å². The Morgan fingerprint density at radius 3 is 2.45 bits per heavy atom. The van der Waals surface area contributed by atoms with E-state index in [1.165, 1.54) is 13.0 Å². The molecule has 2 aromatic carbocycles. The first-order valence-corrected chi connectivity index (χ1v) is 6.00. The molecule has 5 nitrogen and oxygen atoms in total. The molecule has 0 heterocycles. The van der Waals surface area contributed by atoms with E-state index in [0.717, 1.165) is 0 Å². The van der Waals surface area contributed by atoms with Gasteiger partial charge in [0.2, 0.25) is 0 Å². The fourth-order valence-corrected chi connectivity index (χ4v) is 1.64. The van der Waals surface area contributed by atoms with Gasteiger partial charge in [0.05, 0.1) is 0 Å². The number of ether oxygens (including phenoxy) is 1. The molecule has 0 saturated heterocycles. The van der Waals surface area contributed by atoms with Crippen LogP contribution in [0.25, 0.3) is 0 Å². The Morgan fingerprint density at radius 2 is 1.80 bits per heavy atom. The van der Waals surface area contributed by atoms with E-state index in [0.29, 0.717) is 22.7 Å². The molecule has 2 aromatic rings. The van der Waals surface area contributed by atoms with Crippen LogP contribution in [0.5, 0.6) is 5.75 Å². The molecule has 20 heavy (non-hydrogen) atoms. The van der Waals surface area contributed by atoms with Gasteiger partial charge in [0.25, 0.3) is 5.91 Å². The highest BCUT2D eigenvalue weighted by Gasteiger charge is 2.08. The normalized spacial score (nSPS) is 9.85. The van der Waals surface area contributed by atoms with Crippen molar-refractivity contribution in [2.24, 2.45) is 0 Å². The summed E-state index contributed by atoms with van der Waals surface area (Å²) in [7, 11) is 0. The number of nitrogens with one attached hydrogen (secondary N) is 1. The van der Waals surface area contributed by atoms with E-state index in [2.05, 4.69) is 5.32 Å². The van der Waals surface area contributed by atoms with Crippen molar-refractivity contribution < 1.29 is 14.3 Å². The first-order valence-electron chi connectivity index (χ1n) is 6.00. The molecule has 0 aliphatic heterocycles. The van der Waals surface area contributed by atoms with Crippen LogP contribution in [0.15, 0.2) is 48.5 Å². The van der Waals surface area contributed by atoms with E-state index >= 15 is 0 Å². The molecule has 2 rings (SSSR count). The number of amides is 1. The van der Waals surface area contributed by atoms with Gasteiger partial charge in [-0.3, -0.25) is 9.59 Å². The number of benzene rings is 2. The lowest BCUT2D eigenvalue weighted by Gasteiger charge is -2.07. The summed E-state index contributed by atoms with van der Waals surface area (Å²) in [6.45, 7) is 1.31. The van der Waals surface area contributed by atoms with Gasteiger partial charge in [0.15, 0.2) is 0 Å². The fraction of sp³-hybridized carbons (Fsp3) is 0.0667. The maximum atomic E-state index is 12.1. The molecule has 0 unspecified atom stereocenters. The number of hydrogen-bond acceptors (Lipinski definition) is 4. The number of nitrogen functional groups attached to an aromatic ring is 1. The minimum atomic E-state index is -0.430. The van der Waals surface area contributed by atoms with Gasteiger partial charge in [-0.2, -0.15) is 0 Å². The topological polar surface area (TPSA) is 81.4 Å². The van der Waals surface area contributed by atoms with Gasteiger partial charge in [-0.05, 0) is 42.5 Å². The van der Waals surface area contributed by atoms with Crippen LogP contribution in [0.4, 0.5) is 11.4 Å². The first kappa shape index (κ1) is 13.6. The molecule has 5 heteroatoms. The predicted octanol–water partition coefficient (Wildman–Crippen LogP) is 2.45.